The van der Waals surface area contributed by atoms with Crippen molar-refractivity contribution in [1.82, 2.24) is 9.29 Å². The normalized spacial score (nSPS) is 15.5. The number of rotatable bonds is 5. The molecule has 1 amide bonds. The van der Waals surface area contributed by atoms with Crippen molar-refractivity contribution in [3.63, 3.8) is 0 Å². The van der Waals surface area contributed by atoms with Crippen LogP contribution in [-0.4, -0.2) is 43.5 Å². The van der Waals surface area contributed by atoms with E-state index in [1.54, 1.807) is 18.3 Å². The van der Waals surface area contributed by atoms with Gasteiger partial charge in [-0.3, -0.25) is 9.78 Å². The van der Waals surface area contributed by atoms with Gasteiger partial charge in [0.1, 0.15) is 0 Å². The van der Waals surface area contributed by atoms with E-state index in [0.29, 0.717) is 11.6 Å². The second-order valence-corrected chi connectivity index (χ2v) is 6.87. The van der Waals surface area contributed by atoms with Gasteiger partial charge in [0.05, 0.1) is 24.2 Å². The standard InChI is InChI=1S/C12H17N3O3S/c1-15(19(2,17)18)8-11(16)14-10-4-3-7-13-12(10)9-5-6-9/h3-4,7,9H,5-6,8H2,1-2H3,(H,14,16). The van der Waals surface area contributed by atoms with Crippen molar-refractivity contribution >= 4 is 21.6 Å². The average molecular weight is 283 g/mol. The van der Waals surface area contributed by atoms with Crippen LogP contribution < -0.4 is 5.32 Å². The van der Waals surface area contributed by atoms with Crippen molar-refractivity contribution in [2.45, 2.75) is 18.8 Å². The maximum atomic E-state index is 11.8. The van der Waals surface area contributed by atoms with E-state index in [1.807, 2.05) is 0 Å². The lowest BCUT2D eigenvalue weighted by molar-refractivity contribution is -0.116. The van der Waals surface area contributed by atoms with Crippen molar-refractivity contribution in [2.24, 2.45) is 0 Å². The number of anilines is 1. The van der Waals surface area contributed by atoms with Gasteiger partial charge in [0.2, 0.25) is 15.9 Å². The van der Waals surface area contributed by atoms with Gasteiger partial charge < -0.3 is 5.32 Å². The van der Waals surface area contributed by atoms with Crippen molar-refractivity contribution in [3.05, 3.63) is 24.0 Å². The van der Waals surface area contributed by atoms with E-state index in [-0.39, 0.29) is 12.5 Å². The van der Waals surface area contributed by atoms with Gasteiger partial charge >= 0.3 is 0 Å². The predicted octanol–water partition coefficient (Wildman–Crippen LogP) is 0.789. The molecule has 1 aliphatic carbocycles. The zero-order chi connectivity index (χ0) is 14.0. The van der Waals surface area contributed by atoms with E-state index in [2.05, 4.69) is 10.3 Å². The van der Waals surface area contributed by atoms with Gasteiger partial charge in [-0.05, 0) is 25.0 Å². The summed E-state index contributed by atoms with van der Waals surface area (Å²) in [7, 11) is -1.97. The van der Waals surface area contributed by atoms with Crippen molar-refractivity contribution < 1.29 is 13.2 Å². The molecule has 2 rings (SSSR count). The first-order valence-electron chi connectivity index (χ1n) is 6.04. The van der Waals surface area contributed by atoms with Crippen LogP contribution in [0.3, 0.4) is 0 Å². The second kappa shape index (κ2) is 5.26. The Balaban J connectivity index is 2.03. The summed E-state index contributed by atoms with van der Waals surface area (Å²) in [5.74, 6) is 0.0620. The summed E-state index contributed by atoms with van der Waals surface area (Å²) in [4.78, 5) is 16.1. The molecule has 0 atom stereocenters. The van der Waals surface area contributed by atoms with Crippen LogP contribution in [0.4, 0.5) is 5.69 Å². The van der Waals surface area contributed by atoms with Crippen molar-refractivity contribution in [2.75, 3.05) is 25.2 Å². The molecule has 1 aliphatic rings. The minimum absolute atomic E-state index is 0.197. The lowest BCUT2D eigenvalue weighted by Gasteiger charge is -2.14. The Morgan fingerprint density at radius 1 is 1.53 bits per heavy atom. The number of carbonyl (C=O) groups is 1. The zero-order valence-electron chi connectivity index (χ0n) is 11.0. The van der Waals surface area contributed by atoms with E-state index >= 15 is 0 Å². The Hall–Kier alpha value is -1.47. The Labute approximate surface area is 112 Å². The number of carbonyl (C=O) groups excluding carboxylic acids is 1. The fourth-order valence-electron chi connectivity index (χ4n) is 1.71. The maximum Gasteiger partial charge on any atom is 0.239 e. The van der Waals surface area contributed by atoms with Gasteiger partial charge in [-0.25, -0.2) is 8.42 Å². The molecule has 0 aliphatic heterocycles. The molecule has 1 heterocycles. The Bertz CT molecular complexity index is 582. The third kappa shape index (κ3) is 3.74. The van der Waals surface area contributed by atoms with E-state index < -0.39 is 10.0 Å². The first-order chi connectivity index (χ1) is 8.88. The molecular formula is C12H17N3O3S. The number of sulfonamides is 1. The molecule has 0 bridgehead atoms. The highest BCUT2D eigenvalue weighted by atomic mass is 32.2. The zero-order valence-corrected chi connectivity index (χ0v) is 11.8. The number of pyridine rings is 1. The summed E-state index contributed by atoms with van der Waals surface area (Å²) < 4.78 is 23.5. The lowest BCUT2D eigenvalue weighted by Crippen LogP contribution is -2.34. The number of hydrogen-bond donors (Lipinski definition) is 1. The van der Waals surface area contributed by atoms with Crippen LogP contribution in [0.25, 0.3) is 0 Å². The Morgan fingerprint density at radius 3 is 2.79 bits per heavy atom. The van der Waals surface area contributed by atoms with Crippen LogP contribution in [-0.2, 0) is 14.8 Å². The third-order valence-electron chi connectivity index (χ3n) is 3.01. The number of aromatic nitrogens is 1. The highest BCUT2D eigenvalue weighted by Gasteiger charge is 2.28. The van der Waals surface area contributed by atoms with Crippen LogP contribution in [0.15, 0.2) is 18.3 Å². The minimum atomic E-state index is -3.35. The first kappa shape index (κ1) is 14.0. The third-order valence-corrected chi connectivity index (χ3v) is 4.27. The minimum Gasteiger partial charge on any atom is -0.323 e. The molecule has 19 heavy (non-hydrogen) atoms. The summed E-state index contributed by atoms with van der Waals surface area (Å²) in [6, 6.07) is 3.54. The SMILES string of the molecule is CN(CC(=O)Nc1cccnc1C1CC1)S(C)(=O)=O. The molecule has 1 aromatic rings. The summed E-state index contributed by atoms with van der Waals surface area (Å²) in [5.41, 5.74) is 1.56. The summed E-state index contributed by atoms with van der Waals surface area (Å²) in [5, 5.41) is 2.73. The Morgan fingerprint density at radius 2 is 2.21 bits per heavy atom. The number of amides is 1. The van der Waals surface area contributed by atoms with E-state index in [9.17, 15) is 13.2 Å². The van der Waals surface area contributed by atoms with Gasteiger partial charge in [-0.15, -0.1) is 0 Å². The topological polar surface area (TPSA) is 79.4 Å². The number of nitrogens with one attached hydrogen (secondary N) is 1. The van der Waals surface area contributed by atoms with Crippen LogP contribution in [0.2, 0.25) is 0 Å². The van der Waals surface area contributed by atoms with Crippen LogP contribution in [0.5, 0.6) is 0 Å². The van der Waals surface area contributed by atoms with Crippen LogP contribution in [0.1, 0.15) is 24.5 Å². The number of hydrogen-bond acceptors (Lipinski definition) is 4. The summed E-state index contributed by atoms with van der Waals surface area (Å²) >= 11 is 0. The fraction of sp³-hybridized carbons (Fsp3) is 0.500. The van der Waals surface area contributed by atoms with Gasteiger partial charge in [-0.2, -0.15) is 4.31 Å². The van der Waals surface area contributed by atoms with Gasteiger partial charge in [0, 0.05) is 19.2 Å². The molecule has 0 unspecified atom stereocenters. The highest BCUT2D eigenvalue weighted by molar-refractivity contribution is 7.88. The van der Waals surface area contributed by atoms with Crippen molar-refractivity contribution in [1.29, 1.82) is 0 Å². The molecule has 0 saturated heterocycles. The quantitative estimate of drug-likeness (QED) is 0.866. The first-order valence-corrected chi connectivity index (χ1v) is 7.89. The average Bonchev–Trinajstić information content (AvgIpc) is 3.12. The summed E-state index contributed by atoms with van der Waals surface area (Å²) in [6.07, 6.45) is 4.94. The molecule has 1 saturated carbocycles. The molecular weight excluding hydrogens is 266 g/mol. The largest absolute Gasteiger partial charge is 0.323 e. The molecule has 6 nitrogen and oxygen atoms in total. The Kier molecular flexibility index (Phi) is 3.86. The van der Waals surface area contributed by atoms with E-state index in [4.69, 9.17) is 0 Å². The molecule has 1 fully saturated rings. The van der Waals surface area contributed by atoms with Gasteiger partial charge in [0.25, 0.3) is 0 Å². The lowest BCUT2D eigenvalue weighted by atomic mass is 10.2. The fourth-order valence-corrected chi connectivity index (χ4v) is 2.07. The second-order valence-electron chi connectivity index (χ2n) is 4.78. The molecule has 1 aromatic heterocycles. The van der Waals surface area contributed by atoms with E-state index in [1.165, 1.54) is 7.05 Å². The van der Waals surface area contributed by atoms with Crippen molar-refractivity contribution in [3.8, 4) is 0 Å². The predicted molar refractivity (Wildman–Crippen MR) is 72.3 cm³/mol. The molecule has 7 heteroatoms. The molecule has 0 aromatic carbocycles. The van der Waals surface area contributed by atoms with Gasteiger partial charge in [0.15, 0.2) is 0 Å². The molecule has 1 N–H and O–H groups in total. The van der Waals surface area contributed by atoms with Gasteiger partial charge in [-0.1, -0.05) is 0 Å². The smallest absolute Gasteiger partial charge is 0.239 e. The highest BCUT2D eigenvalue weighted by Crippen LogP contribution is 2.41. The summed E-state index contributed by atoms with van der Waals surface area (Å²) in [6.45, 7) is -0.197. The maximum absolute atomic E-state index is 11.8. The molecule has 0 radical (unpaired) electrons. The number of likely N-dealkylation sites (N-methyl/N-ethyl adjacent to an activating group) is 1. The molecule has 104 valence electrons. The monoisotopic (exact) mass is 283 g/mol. The van der Waals surface area contributed by atoms with Crippen LogP contribution in [0, 0.1) is 0 Å². The van der Waals surface area contributed by atoms with Crippen LogP contribution >= 0.6 is 0 Å². The number of nitrogens with zero attached hydrogens (tertiary/aromatic N) is 2. The molecule has 0 spiro atoms. The van der Waals surface area contributed by atoms with E-state index in [0.717, 1.165) is 29.1 Å².